The molecule has 0 aliphatic rings. The van der Waals surface area contributed by atoms with Gasteiger partial charge in [0, 0.05) is 22.5 Å². The van der Waals surface area contributed by atoms with Crippen LogP contribution in [-0.2, 0) is 36.8 Å². The number of hydrogen-bond acceptors (Lipinski definition) is 8. The van der Waals surface area contributed by atoms with Crippen molar-refractivity contribution >= 4 is 57.6 Å². The molecule has 4 aromatic rings. The highest BCUT2D eigenvalue weighted by Crippen LogP contribution is 2.35. The van der Waals surface area contributed by atoms with Gasteiger partial charge in [0.1, 0.15) is 10.6 Å². The van der Waals surface area contributed by atoms with Gasteiger partial charge >= 0.3 is 0 Å². The van der Waals surface area contributed by atoms with Gasteiger partial charge in [0.2, 0.25) is 0 Å². The van der Waals surface area contributed by atoms with E-state index in [1.165, 1.54) is 30.3 Å². The number of phenolic OH excluding ortho intramolecular Hbond substituents is 1. The normalized spacial score (nSPS) is 12.9. The Morgan fingerprint density at radius 2 is 1.29 bits per heavy atom. The Balaban J connectivity index is 1.92. The smallest absolute Gasteiger partial charge is 0.295 e. The highest BCUT2D eigenvalue weighted by atomic mass is 32.2. The van der Waals surface area contributed by atoms with Crippen molar-refractivity contribution < 1.29 is 44.0 Å². The highest BCUT2D eigenvalue weighted by molar-refractivity contribution is 7.87. The molecule has 0 unspecified atom stereocenters. The van der Waals surface area contributed by atoms with Crippen molar-refractivity contribution in [1.82, 2.24) is 0 Å². The van der Waals surface area contributed by atoms with Gasteiger partial charge in [0.05, 0.1) is 9.79 Å². The van der Waals surface area contributed by atoms with Gasteiger partial charge in [-0.3, -0.25) is 13.7 Å². The van der Waals surface area contributed by atoms with Gasteiger partial charge < -0.3 is 10.8 Å². The van der Waals surface area contributed by atoms with Crippen LogP contribution < -0.4 is 5.73 Å². The van der Waals surface area contributed by atoms with E-state index in [0.29, 0.717) is 17.2 Å². The molecule has 184 valence electrons. The number of benzene rings is 4. The van der Waals surface area contributed by atoms with E-state index in [2.05, 4.69) is 0 Å². The summed E-state index contributed by atoms with van der Waals surface area (Å²) < 4.78 is 98.2. The average Bonchev–Trinajstić information content (AvgIpc) is 2.70. The van der Waals surface area contributed by atoms with Gasteiger partial charge in [-0.1, -0.05) is 12.1 Å². The number of nitrogen functional groups attached to an aromatic ring is 1. The molecule has 0 saturated heterocycles. The van der Waals surface area contributed by atoms with Crippen LogP contribution >= 0.6 is 0 Å². The largest absolute Gasteiger partial charge is 0.507 e. The van der Waals surface area contributed by atoms with Crippen molar-refractivity contribution in [2.45, 2.75) is 21.1 Å². The minimum absolute atomic E-state index is 0.0245. The summed E-state index contributed by atoms with van der Waals surface area (Å²) in [5.41, 5.74) is 7.05. The quantitative estimate of drug-likeness (QED) is 0.184. The number of hydrogen-bond donors (Lipinski definition) is 5. The summed E-state index contributed by atoms with van der Waals surface area (Å²) in [6, 6.07) is 10.9. The molecule has 4 aromatic carbocycles. The molecule has 0 radical (unpaired) electrons. The summed E-state index contributed by atoms with van der Waals surface area (Å²) >= 11 is 0. The van der Waals surface area contributed by atoms with E-state index in [-0.39, 0.29) is 33.7 Å². The summed E-state index contributed by atoms with van der Waals surface area (Å²) in [5, 5.41) is 11.0. The maximum Gasteiger partial charge on any atom is 0.295 e. The highest BCUT2D eigenvalue weighted by Gasteiger charge is 2.21. The lowest BCUT2D eigenvalue weighted by Crippen LogP contribution is -2.05. The summed E-state index contributed by atoms with van der Waals surface area (Å²) in [6.45, 7) is 0. The average molecular weight is 540 g/mol. The summed E-state index contributed by atoms with van der Waals surface area (Å²) in [4.78, 5) is -1.98. The first-order chi connectivity index (χ1) is 16.0. The van der Waals surface area contributed by atoms with Crippen LogP contribution in [0.4, 0.5) is 5.69 Å². The molecule has 0 spiro atoms. The van der Waals surface area contributed by atoms with Gasteiger partial charge in [0.15, 0.2) is 0 Å². The van der Waals surface area contributed by atoms with Crippen molar-refractivity contribution in [2.24, 2.45) is 0 Å². The molecule has 14 heteroatoms. The maximum absolute atomic E-state index is 11.9. The SMILES string of the molecule is Nc1cc(Cc2ccc3cc(S(=O)(=O)O)cc(S(=O)(=O)O)c3c2)c2c(O)cc(S(=O)(=O)O)cc2c1. The molecule has 35 heavy (non-hydrogen) atoms. The van der Waals surface area contributed by atoms with Crippen LogP contribution in [0, 0.1) is 0 Å². The second kappa shape index (κ2) is 8.15. The molecule has 0 aromatic heterocycles. The fourth-order valence-electron chi connectivity index (χ4n) is 3.91. The van der Waals surface area contributed by atoms with Crippen molar-refractivity contribution in [3.8, 4) is 5.75 Å². The van der Waals surface area contributed by atoms with Gasteiger partial charge in [-0.25, -0.2) is 0 Å². The van der Waals surface area contributed by atoms with Crippen molar-refractivity contribution in [3.63, 3.8) is 0 Å². The Kier molecular flexibility index (Phi) is 5.78. The fourth-order valence-corrected chi connectivity index (χ4v) is 5.79. The number of rotatable bonds is 5. The third-order valence-corrected chi connectivity index (χ3v) is 7.88. The van der Waals surface area contributed by atoms with Crippen molar-refractivity contribution in [2.75, 3.05) is 5.73 Å². The van der Waals surface area contributed by atoms with Crippen LogP contribution in [0.1, 0.15) is 11.1 Å². The van der Waals surface area contributed by atoms with Crippen molar-refractivity contribution in [1.29, 1.82) is 0 Å². The first kappa shape index (κ1) is 24.8. The van der Waals surface area contributed by atoms with E-state index in [1.807, 2.05) is 0 Å². The lowest BCUT2D eigenvalue weighted by molar-refractivity contribution is 0.470. The Hall–Kier alpha value is -3.27. The molecule has 0 aliphatic carbocycles. The number of nitrogens with two attached hydrogens (primary N) is 1. The van der Waals surface area contributed by atoms with Crippen LogP contribution in [0.3, 0.4) is 0 Å². The van der Waals surface area contributed by atoms with Gasteiger partial charge in [-0.2, -0.15) is 25.3 Å². The van der Waals surface area contributed by atoms with Crippen LogP contribution in [0.15, 0.2) is 69.3 Å². The molecule has 0 atom stereocenters. The van der Waals surface area contributed by atoms with Gasteiger partial charge in [-0.15, -0.1) is 0 Å². The summed E-state index contributed by atoms with van der Waals surface area (Å²) in [7, 11) is -14.2. The molecule has 0 aliphatic heterocycles. The summed E-state index contributed by atoms with van der Waals surface area (Å²) in [5.74, 6) is -0.442. The molecule has 0 bridgehead atoms. The fraction of sp³-hybridized carbons (Fsp3) is 0.0476. The Labute approximate surface area is 199 Å². The predicted molar refractivity (Wildman–Crippen MR) is 126 cm³/mol. The molecule has 6 N–H and O–H groups in total. The number of fused-ring (bicyclic) bond motifs is 2. The Morgan fingerprint density at radius 1 is 0.686 bits per heavy atom. The van der Waals surface area contributed by atoms with Crippen LogP contribution in [0.2, 0.25) is 0 Å². The van der Waals surface area contributed by atoms with E-state index in [9.17, 15) is 44.0 Å². The first-order valence-electron chi connectivity index (χ1n) is 9.58. The predicted octanol–water partition coefficient (Wildman–Crippen LogP) is 2.61. The lowest BCUT2D eigenvalue weighted by atomic mass is 9.95. The first-order valence-corrected chi connectivity index (χ1v) is 13.9. The monoisotopic (exact) mass is 539 g/mol. The van der Waals surface area contributed by atoms with Crippen molar-refractivity contribution in [3.05, 3.63) is 65.7 Å². The molecule has 0 saturated carbocycles. The molecular formula is C21H17NO10S3. The zero-order valence-corrected chi connectivity index (χ0v) is 19.9. The van der Waals surface area contributed by atoms with Crippen LogP contribution in [-0.4, -0.2) is 44.0 Å². The number of aromatic hydroxyl groups is 1. The minimum atomic E-state index is -4.88. The van der Waals surface area contributed by atoms with Gasteiger partial charge in [-0.05, 0) is 64.7 Å². The second-order valence-corrected chi connectivity index (χ2v) is 12.0. The number of phenols is 1. The number of anilines is 1. The van der Waals surface area contributed by atoms with Crippen LogP contribution in [0.5, 0.6) is 5.75 Å². The van der Waals surface area contributed by atoms with Gasteiger partial charge in [0.25, 0.3) is 30.4 Å². The Morgan fingerprint density at radius 3 is 1.89 bits per heavy atom. The van der Waals surface area contributed by atoms with E-state index >= 15 is 0 Å². The zero-order valence-electron chi connectivity index (χ0n) is 17.4. The van der Waals surface area contributed by atoms with E-state index in [1.54, 1.807) is 0 Å². The minimum Gasteiger partial charge on any atom is -0.507 e. The lowest BCUT2D eigenvalue weighted by Gasteiger charge is -2.13. The molecular weight excluding hydrogens is 522 g/mol. The standard InChI is InChI=1S/C21H17NO10S3/c22-15-5-13(21-14(6-15)8-16(9-19(21)23)33(24,25)26)3-11-1-2-12-7-17(34(27,28)29)10-20(18(12)4-11)35(30,31)32/h1-2,4-10,23H,3,22H2,(H,24,25,26)(H,27,28,29)(H,30,31,32). The zero-order chi connectivity index (χ0) is 25.9. The molecule has 0 amide bonds. The summed E-state index contributed by atoms with van der Waals surface area (Å²) in [6.07, 6.45) is 0.0568. The molecule has 11 nitrogen and oxygen atoms in total. The Bertz CT molecular complexity index is 1860. The second-order valence-electron chi connectivity index (χ2n) is 7.80. The van der Waals surface area contributed by atoms with E-state index in [0.717, 1.165) is 18.2 Å². The third kappa shape index (κ3) is 4.93. The molecule has 4 rings (SSSR count). The molecule has 0 heterocycles. The third-order valence-electron chi connectivity index (χ3n) is 5.33. The van der Waals surface area contributed by atoms with E-state index in [4.69, 9.17) is 5.73 Å². The van der Waals surface area contributed by atoms with E-state index < -0.39 is 50.8 Å². The maximum atomic E-state index is 11.9. The molecule has 0 fully saturated rings. The topological polar surface area (TPSA) is 209 Å². The van der Waals surface area contributed by atoms with Crippen LogP contribution in [0.25, 0.3) is 21.5 Å².